The molecule has 124 valence electrons. The maximum absolute atomic E-state index is 6.14. The van der Waals surface area contributed by atoms with Gasteiger partial charge < -0.3 is 4.43 Å². The molecule has 0 unspecified atom stereocenters. The van der Waals surface area contributed by atoms with Crippen LogP contribution >= 0.6 is 0 Å². The molecule has 0 aromatic carbocycles. The molecule has 0 bridgehead atoms. The second-order valence-corrected chi connectivity index (χ2v) is 11.8. The lowest BCUT2D eigenvalue weighted by Crippen LogP contribution is -2.40. The normalized spacial score (nSPS) is 11.7. The third kappa shape index (κ3) is 10.7. The third-order valence-corrected chi connectivity index (χ3v) is 8.53. The molecule has 0 rings (SSSR count). The Morgan fingerprint density at radius 3 is 2.23 bits per heavy atom. The molecule has 1 nitrogen and oxygen atoms in total. The molecule has 2 heteroatoms. The van der Waals surface area contributed by atoms with Crippen molar-refractivity contribution in [2.75, 3.05) is 6.61 Å². The SMILES string of the molecule is CCC#CCC#CCCC/C=C/CCO[Si](C)(C)C(C)(C)C. The van der Waals surface area contributed by atoms with Crippen LogP contribution in [0.3, 0.4) is 0 Å². The highest BCUT2D eigenvalue weighted by Gasteiger charge is 2.36. The van der Waals surface area contributed by atoms with Gasteiger partial charge in [-0.2, -0.15) is 0 Å². The van der Waals surface area contributed by atoms with E-state index in [-0.39, 0.29) is 0 Å². The van der Waals surface area contributed by atoms with Crippen LogP contribution in [0.2, 0.25) is 18.1 Å². The maximum Gasteiger partial charge on any atom is 0.191 e. The number of unbranched alkanes of at least 4 members (excludes halogenated alkanes) is 2. The first-order chi connectivity index (χ1) is 10.3. The lowest BCUT2D eigenvalue weighted by atomic mass is 10.2. The summed E-state index contributed by atoms with van der Waals surface area (Å²) < 4.78 is 6.14. The van der Waals surface area contributed by atoms with E-state index in [9.17, 15) is 0 Å². The van der Waals surface area contributed by atoms with E-state index in [1.807, 2.05) is 0 Å². The van der Waals surface area contributed by atoms with Gasteiger partial charge in [-0.3, -0.25) is 0 Å². The van der Waals surface area contributed by atoms with Gasteiger partial charge in [0, 0.05) is 19.4 Å². The monoisotopic (exact) mass is 318 g/mol. The highest BCUT2D eigenvalue weighted by Crippen LogP contribution is 2.36. The topological polar surface area (TPSA) is 9.23 Å². The molecule has 0 N–H and O–H groups in total. The predicted octanol–water partition coefficient (Wildman–Crippen LogP) is 5.93. The smallest absolute Gasteiger partial charge is 0.191 e. The average Bonchev–Trinajstić information content (AvgIpc) is 2.42. The molecule has 0 heterocycles. The van der Waals surface area contributed by atoms with Gasteiger partial charge in [0.25, 0.3) is 0 Å². The summed E-state index contributed by atoms with van der Waals surface area (Å²) in [4.78, 5) is 0. The molecule has 0 aliphatic heterocycles. The van der Waals surface area contributed by atoms with E-state index in [2.05, 4.69) is 76.6 Å². The summed E-state index contributed by atoms with van der Waals surface area (Å²) in [5.41, 5.74) is 0. The number of allylic oxidation sites excluding steroid dienone is 1. The molecule has 0 amide bonds. The van der Waals surface area contributed by atoms with Crippen molar-refractivity contribution in [2.24, 2.45) is 0 Å². The lowest BCUT2D eigenvalue weighted by Gasteiger charge is -2.36. The zero-order chi connectivity index (χ0) is 16.9. The zero-order valence-corrected chi connectivity index (χ0v) is 16.5. The number of hydrogen-bond donors (Lipinski definition) is 0. The minimum atomic E-state index is -1.57. The van der Waals surface area contributed by atoms with Gasteiger partial charge in [0.15, 0.2) is 8.32 Å². The molecule has 0 spiro atoms. The Hall–Kier alpha value is -0.963. The fourth-order valence-corrected chi connectivity index (χ4v) is 2.59. The maximum atomic E-state index is 6.14. The van der Waals surface area contributed by atoms with Gasteiger partial charge in [-0.15, -0.1) is 11.8 Å². The molecule has 0 saturated heterocycles. The lowest BCUT2D eigenvalue weighted by molar-refractivity contribution is 0.294. The van der Waals surface area contributed by atoms with E-state index in [0.717, 1.165) is 38.7 Å². The summed E-state index contributed by atoms with van der Waals surface area (Å²) >= 11 is 0. The van der Waals surface area contributed by atoms with E-state index >= 15 is 0 Å². The van der Waals surface area contributed by atoms with E-state index in [1.54, 1.807) is 0 Å². The zero-order valence-electron chi connectivity index (χ0n) is 15.5. The van der Waals surface area contributed by atoms with Crippen LogP contribution in [0.4, 0.5) is 0 Å². The van der Waals surface area contributed by atoms with Crippen LogP contribution in [0.15, 0.2) is 12.2 Å². The van der Waals surface area contributed by atoms with E-state index in [4.69, 9.17) is 4.43 Å². The highest BCUT2D eigenvalue weighted by atomic mass is 28.4. The average molecular weight is 319 g/mol. The Morgan fingerprint density at radius 2 is 1.59 bits per heavy atom. The summed E-state index contributed by atoms with van der Waals surface area (Å²) in [6, 6.07) is 0. The summed E-state index contributed by atoms with van der Waals surface area (Å²) in [6.45, 7) is 14.4. The van der Waals surface area contributed by atoms with Gasteiger partial charge in [-0.25, -0.2) is 0 Å². The Morgan fingerprint density at radius 1 is 0.955 bits per heavy atom. The van der Waals surface area contributed by atoms with Gasteiger partial charge in [0.1, 0.15) is 0 Å². The van der Waals surface area contributed by atoms with Gasteiger partial charge in [-0.1, -0.05) is 51.7 Å². The van der Waals surface area contributed by atoms with Crippen molar-refractivity contribution in [1.29, 1.82) is 0 Å². The number of rotatable bonds is 7. The van der Waals surface area contributed by atoms with Crippen LogP contribution < -0.4 is 0 Å². The second-order valence-electron chi connectivity index (χ2n) is 7.00. The molecule has 0 aliphatic carbocycles. The summed E-state index contributed by atoms with van der Waals surface area (Å²) in [5, 5.41) is 0.302. The van der Waals surface area contributed by atoms with E-state index < -0.39 is 8.32 Å². The van der Waals surface area contributed by atoms with Gasteiger partial charge in [0.2, 0.25) is 0 Å². The molecule has 0 aromatic heterocycles. The molecular formula is C20H34OSi. The van der Waals surface area contributed by atoms with Crippen LogP contribution in [0.1, 0.15) is 66.2 Å². The van der Waals surface area contributed by atoms with E-state index in [1.165, 1.54) is 0 Å². The standard InChI is InChI=1S/C20H34OSi/c1-7-8-9-10-11-12-13-14-15-16-17-18-19-21-22(5,6)20(2,3)4/h16-17H,7,10,13-15,18-19H2,1-6H3/b17-16+. The Labute approximate surface area is 140 Å². The number of hydrogen-bond acceptors (Lipinski definition) is 1. The minimum Gasteiger partial charge on any atom is -0.417 e. The second kappa shape index (κ2) is 11.6. The molecular weight excluding hydrogens is 284 g/mol. The predicted molar refractivity (Wildman–Crippen MR) is 101 cm³/mol. The van der Waals surface area contributed by atoms with Crippen LogP contribution in [-0.4, -0.2) is 14.9 Å². The largest absolute Gasteiger partial charge is 0.417 e. The van der Waals surface area contributed by atoms with Crippen LogP contribution in [0.5, 0.6) is 0 Å². The molecule has 0 saturated carbocycles. The van der Waals surface area contributed by atoms with Crippen LogP contribution in [0.25, 0.3) is 0 Å². The van der Waals surface area contributed by atoms with Crippen molar-refractivity contribution in [1.82, 2.24) is 0 Å². The van der Waals surface area contributed by atoms with Crippen molar-refractivity contribution in [2.45, 2.75) is 84.4 Å². The third-order valence-electron chi connectivity index (χ3n) is 4.00. The van der Waals surface area contributed by atoms with Crippen LogP contribution in [-0.2, 0) is 4.43 Å². The van der Waals surface area contributed by atoms with Crippen molar-refractivity contribution in [3.63, 3.8) is 0 Å². The van der Waals surface area contributed by atoms with Crippen molar-refractivity contribution in [3.05, 3.63) is 12.2 Å². The first-order valence-electron chi connectivity index (χ1n) is 8.51. The van der Waals surface area contributed by atoms with Gasteiger partial charge >= 0.3 is 0 Å². The molecule has 0 aliphatic rings. The first kappa shape index (κ1) is 21.0. The molecule has 0 atom stereocenters. The Kier molecular flexibility index (Phi) is 11.1. The Bertz CT molecular complexity index is 432. The Balaban J connectivity index is 3.65. The molecule has 22 heavy (non-hydrogen) atoms. The molecule has 0 aromatic rings. The fourth-order valence-electron chi connectivity index (χ4n) is 1.53. The van der Waals surface area contributed by atoms with Crippen molar-refractivity contribution in [3.8, 4) is 23.7 Å². The molecule has 0 fully saturated rings. The molecule has 0 radical (unpaired) electrons. The summed E-state index contributed by atoms with van der Waals surface area (Å²) in [7, 11) is -1.57. The quantitative estimate of drug-likeness (QED) is 0.244. The summed E-state index contributed by atoms with van der Waals surface area (Å²) in [5.74, 6) is 12.3. The van der Waals surface area contributed by atoms with Gasteiger partial charge in [-0.05, 0) is 37.4 Å². The van der Waals surface area contributed by atoms with Gasteiger partial charge in [0.05, 0.1) is 6.42 Å². The fraction of sp³-hybridized carbons (Fsp3) is 0.700. The van der Waals surface area contributed by atoms with E-state index in [0.29, 0.717) is 11.5 Å². The first-order valence-corrected chi connectivity index (χ1v) is 11.4. The van der Waals surface area contributed by atoms with Crippen LogP contribution in [0, 0.1) is 23.7 Å². The highest BCUT2D eigenvalue weighted by molar-refractivity contribution is 6.74. The summed E-state index contributed by atoms with van der Waals surface area (Å²) in [6.07, 6.45) is 10.4. The van der Waals surface area contributed by atoms with Crippen molar-refractivity contribution >= 4 is 8.32 Å². The van der Waals surface area contributed by atoms with Crippen molar-refractivity contribution < 1.29 is 4.43 Å². The minimum absolute atomic E-state index is 0.302.